The number of nitrogens with one attached hydrogen (secondary N) is 2. The molecule has 0 unspecified atom stereocenters. The average Bonchev–Trinajstić information content (AvgIpc) is 2.93. The number of hydrogen-bond acceptors (Lipinski definition) is 4. The number of anilines is 1. The minimum atomic E-state index is -0.576. The highest BCUT2D eigenvalue weighted by molar-refractivity contribution is 9.10. The summed E-state index contributed by atoms with van der Waals surface area (Å²) in [5.41, 5.74) is 1.78. The van der Waals surface area contributed by atoms with Crippen LogP contribution < -0.4 is 10.6 Å². The highest BCUT2D eigenvalue weighted by Gasteiger charge is 2.23. The number of carbonyl (C=O) groups is 2. The largest absolute Gasteiger partial charge is 0.344 e. The summed E-state index contributed by atoms with van der Waals surface area (Å²) in [6, 6.07) is 7.22. The predicted octanol–water partition coefficient (Wildman–Crippen LogP) is 3.67. The zero-order chi connectivity index (χ0) is 17.0. The lowest BCUT2D eigenvalue weighted by Gasteiger charge is -2.20. The van der Waals surface area contributed by atoms with Crippen molar-refractivity contribution >= 4 is 44.2 Å². The maximum Gasteiger partial charge on any atom is 0.248 e. The maximum atomic E-state index is 12.3. The van der Waals surface area contributed by atoms with Crippen LogP contribution in [-0.2, 0) is 9.59 Å². The van der Waals surface area contributed by atoms with Crippen molar-refractivity contribution in [2.24, 2.45) is 5.92 Å². The molecule has 2 rings (SSSR count). The van der Waals surface area contributed by atoms with Gasteiger partial charge in [0.05, 0.1) is 5.69 Å². The molecule has 2 amide bonds. The lowest BCUT2D eigenvalue weighted by molar-refractivity contribution is -0.126. The number of rotatable bonds is 5. The first kappa shape index (κ1) is 17.6. The fraction of sp³-hybridized carbons (Fsp3) is 0.312. The van der Waals surface area contributed by atoms with E-state index >= 15 is 0 Å². The van der Waals surface area contributed by atoms with Crippen LogP contribution in [-0.4, -0.2) is 22.8 Å². The third-order valence-electron chi connectivity index (χ3n) is 3.18. The Labute approximate surface area is 147 Å². The molecule has 122 valence electrons. The Kier molecular flexibility index (Phi) is 5.90. The van der Waals surface area contributed by atoms with Crippen molar-refractivity contribution in [3.63, 3.8) is 0 Å². The molecule has 0 aliphatic heterocycles. The van der Waals surface area contributed by atoms with E-state index in [1.807, 2.05) is 43.5 Å². The van der Waals surface area contributed by atoms with E-state index in [9.17, 15) is 9.59 Å². The molecule has 7 heteroatoms. The van der Waals surface area contributed by atoms with Gasteiger partial charge in [-0.15, -0.1) is 11.3 Å². The Balaban J connectivity index is 2.10. The van der Waals surface area contributed by atoms with Crippen LogP contribution in [0, 0.1) is 5.92 Å². The molecular weight excluding hydrogens is 378 g/mol. The summed E-state index contributed by atoms with van der Waals surface area (Å²) in [5.74, 6) is -0.495. The predicted molar refractivity (Wildman–Crippen MR) is 96.3 cm³/mol. The first-order valence-corrected chi connectivity index (χ1v) is 8.83. The standard InChI is InChI=1S/C16H18BrN3O2S/c1-9(2)14(18-10(3)21)15(22)20-16-19-13(8-23-16)11-4-6-12(17)7-5-11/h4-9,14H,1-3H3,(H,18,21)(H,19,20,22)/t14-/m1/s1. The molecule has 0 aliphatic rings. The van der Waals surface area contributed by atoms with Gasteiger partial charge in [0.15, 0.2) is 5.13 Å². The molecule has 5 nitrogen and oxygen atoms in total. The zero-order valence-electron chi connectivity index (χ0n) is 13.1. The van der Waals surface area contributed by atoms with Gasteiger partial charge in [-0.25, -0.2) is 4.98 Å². The summed E-state index contributed by atoms with van der Waals surface area (Å²) in [5, 5.41) is 7.85. The Bertz CT molecular complexity index is 698. The molecule has 0 fully saturated rings. The lowest BCUT2D eigenvalue weighted by Crippen LogP contribution is -2.46. The molecule has 0 spiro atoms. The van der Waals surface area contributed by atoms with Crippen molar-refractivity contribution in [2.45, 2.75) is 26.8 Å². The quantitative estimate of drug-likeness (QED) is 0.810. The monoisotopic (exact) mass is 395 g/mol. The Morgan fingerprint density at radius 3 is 2.43 bits per heavy atom. The van der Waals surface area contributed by atoms with Crippen molar-refractivity contribution < 1.29 is 9.59 Å². The van der Waals surface area contributed by atoms with Gasteiger partial charge in [0.2, 0.25) is 11.8 Å². The first-order chi connectivity index (χ1) is 10.9. The second-order valence-corrected chi connectivity index (χ2v) is 7.23. The molecule has 1 aromatic heterocycles. The number of carbonyl (C=O) groups excluding carboxylic acids is 2. The molecular formula is C16H18BrN3O2S. The van der Waals surface area contributed by atoms with Gasteiger partial charge in [0.25, 0.3) is 0 Å². The Morgan fingerprint density at radius 2 is 1.87 bits per heavy atom. The molecule has 1 atom stereocenters. The fourth-order valence-corrected chi connectivity index (χ4v) is 3.01. The second kappa shape index (κ2) is 7.70. The zero-order valence-corrected chi connectivity index (χ0v) is 15.5. The summed E-state index contributed by atoms with van der Waals surface area (Å²) < 4.78 is 1.00. The molecule has 0 saturated heterocycles. The number of amides is 2. The highest BCUT2D eigenvalue weighted by atomic mass is 79.9. The van der Waals surface area contributed by atoms with Crippen LogP contribution in [0.2, 0.25) is 0 Å². The smallest absolute Gasteiger partial charge is 0.248 e. The molecule has 0 bridgehead atoms. The summed E-state index contributed by atoms with van der Waals surface area (Å²) in [6.45, 7) is 5.17. The van der Waals surface area contributed by atoms with Gasteiger partial charge < -0.3 is 10.6 Å². The number of hydrogen-bond donors (Lipinski definition) is 2. The SMILES string of the molecule is CC(=O)N[C@@H](C(=O)Nc1nc(-c2ccc(Br)cc2)cs1)C(C)C. The van der Waals surface area contributed by atoms with Crippen LogP contribution in [0.3, 0.4) is 0 Å². The molecule has 0 aliphatic carbocycles. The lowest BCUT2D eigenvalue weighted by atomic mass is 10.0. The number of halogens is 1. The molecule has 1 heterocycles. The molecule has 0 saturated carbocycles. The molecule has 23 heavy (non-hydrogen) atoms. The minimum Gasteiger partial charge on any atom is -0.344 e. The summed E-state index contributed by atoms with van der Waals surface area (Å²) in [4.78, 5) is 28.0. The van der Waals surface area contributed by atoms with Gasteiger partial charge in [-0.3, -0.25) is 9.59 Å². The van der Waals surface area contributed by atoms with E-state index in [0.717, 1.165) is 15.7 Å². The van der Waals surface area contributed by atoms with Crippen molar-refractivity contribution in [2.75, 3.05) is 5.32 Å². The summed E-state index contributed by atoms with van der Waals surface area (Å²) in [6.07, 6.45) is 0. The van der Waals surface area contributed by atoms with Gasteiger partial charge in [-0.05, 0) is 18.1 Å². The van der Waals surface area contributed by atoms with Crippen molar-refractivity contribution in [1.82, 2.24) is 10.3 Å². The van der Waals surface area contributed by atoms with Crippen LogP contribution in [0.15, 0.2) is 34.1 Å². The van der Waals surface area contributed by atoms with Gasteiger partial charge in [-0.1, -0.05) is 41.9 Å². The van der Waals surface area contributed by atoms with Gasteiger partial charge in [0, 0.05) is 22.3 Å². The van der Waals surface area contributed by atoms with Gasteiger partial charge >= 0.3 is 0 Å². The third kappa shape index (κ3) is 4.87. The molecule has 1 aromatic carbocycles. The van der Waals surface area contributed by atoms with Crippen molar-refractivity contribution in [3.8, 4) is 11.3 Å². The minimum absolute atomic E-state index is 0.00944. The number of nitrogens with zero attached hydrogens (tertiary/aromatic N) is 1. The van der Waals surface area contributed by atoms with E-state index in [2.05, 4.69) is 31.5 Å². The van der Waals surface area contributed by atoms with E-state index in [0.29, 0.717) is 5.13 Å². The van der Waals surface area contributed by atoms with Crippen molar-refractivity contribution in [3.05, 3.63) is 34.1 Å². The highest BCUT2D eigenvalue weighted by Crippen LogP contribution is 2.26. The van der Waals surface area contributed by atoms with Crippen LogP contribution >= 0.6 is 27.3 Å². The Hall–Kier alpha value is -1.73. The summed E-state index contributed by atoms with van der Waals surface area (Å²) >= 11 is 4.75. The Morgan fingerprint density at radius 1 is 1.22 bits per heavy atom. The topological polar surface area (TPSA) is 71.1 Å². The van der Waals surface area contributed by atoms with Crippen LogP contribution in [0.4, 0.5) is 5.13 Å². The van der Waals surface area contributed by atoms with E-state index in [1.165, 1.54) is 18.3 Å². The van der Waals surface area contributed by atoms with Crippen molar-refractivity contribution in [1.29, 1.82) is 0 Å². The molecule has 2 aromatic rings. The molecule has 0 radical (unpaired) electrons. The fourth-order valence-electron chi connectivity index (χ4n) is 2.02. The second-order valence-electron chi connectivity index (χ2n) is 5.46. The normalized spacial score (nSPS) is 12.0. The van der Waals surface area contributed by atoms with Crippen LogP contribution in [0.25, 0.3) is 11.3 Å². The van der Waals surface area contributed by atoms with E-state index in [-0.39, 0.29) is 17.7 Å². The average molecular weight is 396 g/mol. The third-order valence-corrected chi connectivity index (χ3v) is 4.47. The van der Waals surface area contributed by atoms with Crippen LogP contribution in [0.1, 0.15) is 20.8 Å². The number of thiazole rings is 1. The van der Waals surface area contributed by atoms with Crippen LogP contribution in [0.5, 0.6) is 0 Å². The van der Waals surface area contributed by atoms with Gasteiger partial charge in [-0.2, -0.15) is 0 Å². The van der Waals surface area contributed by atoms with E-state index < -0.39 is 6.04 Å². The maximum absolute atomic E-state index is 12.3. The van der Waals surface area contributed by atoms with Gasteiger partial charge in [0.1, 0.15) is 6.04 Å². The number of benzene rings is 1. The summed E-state index contributed by atoms with van der Waals surface area (Å²) in [7, 11) is 0. The number of aromatic nitrogens is 1. The van der Waals surface area contributed by atoms with E-state index in [1.54, 1.807) is 0 Å². The molecule has 2 N–H and O–H groups in total. The first-order valence-electron chi connectivity index (χ1n) is 7.16. The van der Waals surface area contributed by atoms with E-state index in [4.69, 9.17) is 0 Å².